The first-order valence-corrected chi connectivity index (χ1v) is 20.8. The Kier molecular flexibility index (Phi) is 8.17. The van der Waals surface area contributed by atoms with E-state index in [4.69, 9.17) is 4.42 Å². The van der Waals surface area contributed by atoms with E-state index in [1.807, 2.05) is 6.07 Å². The molecule has 0 fully saturated rings. The fraction of sp³-hybridized carbons (Fsp3) is 0. The second kappa shape index (κ2) is 14.3. The van der Waals surface area contributed by atoms with Crippen LogP contribution in [0.3, 0.4) is 0 Å². The molecule has 10 aromatic carbocycles. The monoisotopic (exact) mass is 778 g/mol. The van der Waals surface area contributed by atoms with E-state index in [2.05, 4.69) is 234 Å². The van der Waals surface area contributed by atoms with Gasteiger partial charge in [0, 0.05) is 49.9 Å². The molecule has 0 aliphatic rings. The van der Waals surface area contributed by atoms with Crippen LogP contribution in [-0.2, 0) is 0 Å². The van der Waals surface area contributed by atoms with E-state index in [1.54, 1.807) is 0 Å². The van der Waals surface area contributed by atoms with E-state index in [-0.39, 0.29) is 0 Å². The number of hydrogen-bond acceptors (Lipinski definition) is 2. The number of nitrogens with zero attached hydrogens (tertiary/aromatic N) is 2. The van der Waals surface area contributed by atoms with Gasteiger partial charge in [-0.1, -0.05) is 164 Å². The minimum Gasteiger partial charge on any atom is -0.455 e. The number of rotatable bonds is 7. The summed E-state index contributed by atoms with van der Waals surface area (Å²) in [6, 6.07) is 82.9. The average molecular weight is 779 g/mol. The summed E-state index contributed by atoms with van der Waals surface area (Å²) in [6.07, 6.45) is 0. The van der Waals surface area contributed by atoms with Crippen molar-refractivity contribution in [2.24, 2.45) is 0 Å². The summed E-state index contributed by atoms with van der Waals surface area (Å²) < 4.78 is 9.14. The number of fused-ring (bicyclic) bond motifs is 7. The van der Waals surface area contributed by atoms with E-state index in [0.29, 0.717) is 0 Å². The minimum absolute atomic E-state index is 0.869. The molecule has 3 heteroatoms. The fourth-order valence-electron chi connectivity index (χ4n) is 9.34. The van der Waals surface area contributed by atoms with Gasteiger partial charge in [-0.15, -0.1) is 0 Å². The van der Waals surface area contributed by atoms with Crippen molar-refractivity contribution in [2.45, 2.75) is 0 Å². The zero-order valence-electron chi connectivity index (χ0n) is 33.2. The smallest absolute Gasteiger partial charge is 0.143 e. The first-order chi connectivity index (χ1) is 30.2. The van der Waals surface area contributed by atoms with Crippen LogP contribution in [0.4, 0.5) is 17.1 Å². The quantitative estimate of drug-likeness (QED) is 0.161. The molecule has 0 amide bonds. The summed E-state index contributed by atoms with van der Waals surface area (Å²) in [5, 5.41) is 7.12. The molecule has 2 heterocycles. The minimum atomic E-state index is 0.869. The predicted octanol–water partition coefficient (Wildman–Crippen LogP) is 16.3. The van der Waals surface area contributed by atoms with Crippen LogP contribution in [0, 0.1) is 0 Å². The normalized spacial score (nSPS) is 11.6. The maximum absolute atomic E-state index is 6.77. The highest BCUT2D eigenvalue weighted by molar-refractivity contribution is 6.12. The number of hydrogen-bond donors (Lipinski definition) is 0. The standard InChI is InChI=1S/C58H38N2O/c1-2-15-39(16-3-1)42-19-12-21-45(35-42)59(46-22-13-20-43(36-46)49-27-14-18-40-17-4-5-23-48(40)49)47-37-53(58-54(38-47)52-26-8-11-30-57(52)61-58)41-31-33-44(34-32-41)60-55-28-9-6-24-50(55)51-25-7-10-29-56(51)60/h1-38H. The van der Waals surface area contributed by atoms with Crippen LogP contribution in [0.25, 0.3) is 93.6 Å². The highest BCUT2D eigenvalue weighted by Gasteiger charge is 2.21. The van der Waals surface area contributed by atoms with Crippen LogP contribution < -0.4 is 4.90 Å². The third kappa shape index (κ3) is 5.90. The molecule has 0 unspecified atom stereocenters. The van der Waals surface area contributed by atoms with Gasteiger partial charge in [-0.05, 0) is 105 Å². The molecule has 0 radical (unpaired) electrons. The van der Waals surface area contributed by atoms with Crippen LogP contribution in [-0.4, -0.2) is 4.57 Å². The van der Waals surface area contributed by atoms with Crippen molar-refractivity contribution in [2.75, 3.05) is 4.90 Å². The third-order valence-corrected chi connectivity index (χ3v) is 12.2. The molecule has 0 N–H and O–H groups in total. The molecule has 0 aliphatic heterocycles. The van der Waals surface area contributed by atoms with Crippen molar-refractivity contribution in [3.05, 3.63) is 231 Å². The Hall–Kier alpha value is -8.14. The van der Waals surface area contributed by atoms with Crippen molar-refractivity contribution >= 4 is 71.6 Å². The highest BCUT2D eigenvalue weighted by atomic mass is 16.3. The number of furan rings is 1. The lowest BCUT2D eigenvalue weighted by Gasteiger charge is -2.27. The van der Waals surface area contributed by atoms with Crippen LogP contribution in [0.1, 0.15) is 0 Å². The van der Waals surface area contributed by atoms with Gasteiger partial charge in [0.1, 0.15) is 11.2 Å². The number of anilines is 3. The molecule has 0 saturated heterocycles. The van der Waals surface area contributed by atoms with Gasteiger partial charge in [0.25, 0.3) is 0 Å². The molecule has 286 valence electrons. The van der Waals surface area contributed by atoms with Gasteiger partial charge in [-0.25, -0.2) is 0 Å². The Morgan fingerprint density at radius 3 is 1.66 bits per heavy atom. The van der Waals surface area contributed by atoms with Crippen LogP contribution in [0.5, 0.6) is 0 Å². The van der Waals surface area contributed by atoms with Crippen LogP contribution in [0.15, 0.2) is 235 Å². The topological polar surface area (TPSA) is 21.3 Å². The predicted molar refractivity (Wildman–Crippen MR) is 257 cm³/mol. The maximum Gasteiger partial charge on any atom is 0.143 e. The number of para-hydroxylation sites is 3. The molecular formula is C58H38N2O. The van der Waals surface area contributed by atoms with Crippen LogP contribution in [0.2, 0.25) is 0 Å². The van der Waals surface area contributed by atoms with Crippen molar-refractivity contribution in [1.82, 2.24) is 4.57 Å². The summed E-state index contributed by atoms with van der Waals surface area (Å²) in [5.74, 6) is 0. The molecule has 2 aromatic heterocycles. The second-order valence-electron chi connectivity index (χ2n) is 15.7. The highest BCUT2D eigenvalue weighted by Crippen LogP contribution is 2.45. The van der Waals surface area contributed by atoms with E-state index < -0.39 is 0 Å². The van der Waals surface area contributed by atoms with Crippen molar-refractivity contribution < 1.29 is 4.42 Å². The molecule has 0 atom stereocenters. The van der Waals surface area contributed by atoms with Crippen molar-refractivity contribution in [3.63, 3.8) is 0 Å². The molecule has 0 aliphatic carbocycles. The molecule has 0 bridgehead atoms. The lowest BCUT2D eigenvalue weighted by molar-refractivity contribution is 0.670. The van der Waals surface area contributed by atoms with E-state index in [0.717, 1.165) is 66.9 Å². The van der Waals surface area contributed by atoms with Gasteiger partial charge in [0.15, 0.2) is 0 Å². The third-order valence-electron chi connectivity index (χ3n) is 12.2. The molecule has 0 spiro atoms. The summed E-state index contributed by atoms with van der Waals surface area (Å²) in [5.41, 5.74) is 15.2. The Morgan fingerprint density at radius 1 is 0.328 bits per heavy atom. The zero-order chi connectivity index (χ0) is 40.3. The van der Waals surface area contributed by atoms with Crippen molar-refractivity contribution in [1.29, 1.82) is 0 Å². The summed E-state index contributed by atoms with van der Waals surface area (Å²) in [4.78, 5) is 2.40. The Bertz CT molecular complexity index is 3540. The molecular weight excluding hydrogens is 741 g/mol. The summed E-state index contributed by atoms with van der Waals surface area (Å²) >= 11 is 0. The van der Waals surface area contributed by atoms with Gasteiger partial charge in [-0.2, -0.15) is 0 Å². The molecule has 61 heavy (non-hydrogen) atoms. The van der Waals surface area contributed by atoms with Gasteiger partial charge in [-0.3, -0.25) is 0 Å². The largest absolute Gasteiger partial charge is 0.455 e. The summed E-state index contributed by atoms with van der Waals surface area (Å²) in [6.45, 7) is 0. The maximum atomic E-state index is 6.77. The first-order valence-electron chi connectivity index (χ1n) is 20.8. The fourth-order valence-corrected chi connectivity index (χ4v) is 9.34. The van der Waals surface area contributed by atoms with Gasteiger partial charge >= 0.3 is 0 Å². The van der Waals surface area contributed by atoms with E-state index in [1.165, 1.54) is 43.7 Å². The first kappa shape index (κ1) is 34.9. The molecule has 0 saturated carbocycles. The van der Waals surface area contributed by atoms with Crippen molar-refractivity contribution in [3.8, 4) is 39.1 Å². The zero-order valence-corrected chi connectivity index (χ0v) is 33.2. The Morgan fingerprint density at radius 2 is 0.902 bits per heavy atom. The van der Waals surface area contributed by atoms with E-state index >= 15 is 0 Å². The lowest BCUT2D eigenvalue weighted by Crippen LogP contribution is -2.10. The van der Waals surface area contributed by atoms with E-state index in [9.17, 15) is 0 Å². The number of aromatic nitrogens is 1. The van der Waals surface area contributed by atoms with Crippen LogP contribution >= 0.6 is 0 Å². The molecule has 12 rings (SSSR count). The molecule has 12 aromatic rings. The van der Waals surface area contributed by atoms with Gasteiger partial charge in [0.2, 0.25) is 0 Å². The number of benzene rings is 10. The SMILES string of the molecule is c1ccc(-c2cccc(N(c3cccc(-c4cccc5ccccc45)c3)c3cc(-c4ccc(-n5c6ccccc6c6ccccc65)cc4)c4oc5ccccc5c4c3)c2)cc1. The summed E-state index contributed by atoms with van der Waals surface area (Å²) in [7, 11) is 0. The Balaban J connectivity index is 1.07. The lowest BCUT2D eigenvalue weighted by atomic mass is 9.97. The van der Waals surface area contributed by atoms with Gasteiger partial charge < -0.3 is 13.9 Å². The van der Waals surface area contributed by atoms with Gasteiger partial charge in [0.05, 0.1) is 11.0 Å². The Labute approximate surface area is 353 Å². The molecule has 3 nitrogen and oxygen atoms in total. The second-order valence-corrected chi connectivity index (χ2v) is 15.7. The average Bonchev–Trinajstić information content (AvgIpc) is 3.88.